The van der Waals surface area contributed by atoms with E-state index in [0.29, 0.717) is 11.4 Å². The minimum absolute atomic E-state index is 0.0167. The normalized spacial score (nSPS) is 10.6. The molecule has 0 saturated carbocycles. The highest BCUT2D eigenvalue weighted by Gasteiger charge is 2.19. The zero-order chi connectivity index (χ0) is 21.3. The number of carbonyl (C=O) groups is 2. The molecule has 2 aromatic heterocycles. The van der Waals surface area contributed by atoms with E-state index in [-0.39, 0.29) is 23.6 Å². The van der Waals surface area contributed by atoms with Crippen molar-refractivity contribution in [3.05, 3.63) is 88.5 Å². The second-order valence-corrected chi connectivity index (χ2v) is 5.83. The van der Waals surface area contributed by atoms with Crippen molar-refractivity contribution >= 4 is 29.5 Å². The minimum atomic E-state index is -0.813. The van der Waals surface area contributed by atoms with Crippen LogP contribution in [0.3, 0.4) is 0 Å². The molecule has 0 radical (unpaired) electrons. The van der Waals surface area contributed by atoms with E-state index in [2.05, 4.69) is 20.6 Å². The molecule has 1 aromatic carbocycles. The average Bonchev–Trinajstić information content (AvgIpc) is 2.77. The number of amides is 1. The topological polar surface area (TPSA) is 123 Å². The molecule has 0 bridgehead atoms. The zero-order valence-electron chi connectivity index (χ0n) is 16.0. The second-order valence-electron chi connectivity index (χ2n) is 5.83. The summed E-state index contributed by atoms with van der Waals surface area (Å²) in [7, 11) is 0. The summed E-state index contributed by atoms with van der Waals surface area (Å²) in [5.41, 5.74) is -0.652. The van der Waals surface area contributed by atoms with Crippen LogP contribution in [0.5, 0.6) is 0 Å². The van der Waals surface area contributed by atoms with E-state index in [1.807, 2.05) is 0 Å². The fraction of sp³-hybridized carbons (Fsp3) is 0.0952. The van der Waals surface area contributed by atoms with Crippen LogP contribution in [-0.4, -0.2) is 28.5 Å². The Morgan fingerprint density at radius 1 is 1.20 bits per heavy atom. The number of carbonyl (C=O) groups excluding carboxylic acids is 2. The van der Waals surface area contributed by atoms with Gasteiger partial charge in [0.1, 0.15) is 22.8 Å². The van der Waals surface area contributed by atoms with Crippen LogP contribution in [0.4, 0.5) is 11.5 Å². The monoisotopic (exact) mass is 406 g/mol. The Balaban J connectivity index is 1.89. The maximum Gasteiger partial charge on any atom is 0.360 e. The lowest BCUT2D eigenvalue weighted by atomic mass is 10.2. The zero-order valence-corrected chi connectivity index (χ0v) is 16.0. The average molecular weight is 406 g/mol. The van der Waals surface area contributed by atoms with E-state index in [4.69, 9.17) is 9.15 Å². The molecule has 152 valence electrons. The standard InChI is InChI=1S/C21H18N4O5/c1-2-29-20(27)15-12-16(25-19(26)14-6-4-3-5-7-14)21(28)30-17(15)8-9-23-18-13-22-10-11-24-18/h3-13H,2H2,1H3,(H,23,24)(H,25,26)/b9-8+. The van der Waals surface area contributed by atoms with Gasteiger partial charge < -0.3 is 19.8 Å². The maximum absolute atomic E-state index is 12.4. The molecule has 0 fully saturated rings. The van der Waals surface area contributed by atoms with Crippen molar-refractivity contribution in [2.75, 3.05) is 17.2 Å². The number of benzene rings is 1. The summed E-state index contributed by atoms with van der Waals surface area (Å²) < 4.78 is 10.3. The highest BCUT2D eigenvalue weighted by Crippen LogP contribution is 2.16. The lowest BCUT2D eigenvalue weighted by Crippen LogP contribution is -2.20. The summed E-state index contributed by atoms with van der Waals surface area (Å²) in [5, 5.41) is 5.30. The number of esters is 1. The predicted octanol–water partition coefficient (Wildman–Crippen LogP) is 2.94. The number of aromatic nitrogens is 2. The van der Waals surface area contributed by atoms with Crippen LogP contribution in [-0.2, 0) is 4.74 Å². The summed E-state index contributed by atoms with van der Waals surface area (Å²) >= 11 is 0. The summed E-state index contributed by atoms with van der Waals surface area (Å²) in [6.07, 6.45) is 7.34. The Labute approximate surface area is 171 Å². The lowest BCUT2D eigenvalue weighted by molar-refractivity contribution is 0.0522. The van der Waals surface area contributed by atoms with Crippen LogP contribution in [0.15, 0.2) is 70.4 Å². The number of ether oxygens (including phenoxy) is 1. The van der Waals surface area contributed by atoms with Crippen LogP contribution in [0.2, 0.25) is 0 Å². The largest absolute Gasteiger partial charge is 0.462 e. The molecule has 3 rings (SSSR count). The molecule has 3 aromatic rings. The van der Waals surface area contributed by atoms with Gasteiger partial charge in [-0.2, -0.15) is 0 Å². The fourth-order valence-corrected chi connectivity index (χ4v) is 2.42. The third kappa shape index (κ3) is 5.16. The van der Waals surface area contributed by atoms with Crippen molar-refractivity contribution in [3.8, 4) is 0 Å². The van der Waals surface area contributed by atoms with Crippen molar-refractivity contribution < 1.29 is 18.7 Å². The quantitative estimate of drug-likeness (QED) is 0.574. The van der Waals surface area contributed by atoms with Gasteiger partial charge in [0.05, 0.1) is 12.8 Å². The second kappa shape index (κ2) is 9.78. The fourth-order valence-electron chi connectivity index (χ4n) is 2.42. The van der Waals surface area contributed by atoms with E-state index in [9.17, 15) is 14.4 Å². The van der Waals surface area contributed by atoms with E-state index in [1.165, 1.54) is 36.9 Å². The number of hydrogen-bond donors (Lipinski definition) is 2. The van der Waals surface area contributed by atoms with Gasteiger partial charge in [-0.3, -0.25) is 9.78 Å². The Hall–Kier alpha value is -4.27. The van der Waals surface area contributed by atoms with Crippen molar-refractivity contribution in [1.29, 1.82) is 0 Å². The third-order valence-electron chi connectivity index (χ3n) is 3.79. The molecule has 0 aliphatic heterocycles. The number of rotatable bonds is 7. The van der Waals surface area contributed by atoms with Gasteiger partial charge in [-0.25, -0.2) is 14.6 Å². The first-order chi connectivity index (χ1) is 14.6. The minimum Gasteiger partial charge on any atom is -0.462 e. The summed E-state index contributed by atoms with van der Waals surface area (Å²) in [4.78, 5) is 45.0. The Kier molecular flexibility index (Phi) is 6.67. The molecule has 0 aliphatic carbocycles. The van der Waals surface area contributed by atoms with E-state index in [1.54, 1.807) is 37.3 Å². The molecule has 30 heavy (non-hydrogen) atoms. The van der Waals surface area contributed by atoms with E-state index < -0.39 is 17.5 Å². The van der Waals surface area contributed by atoms with Gasteiger partial charge in [0.25, 0.3) is 5.91 Å². The van der Waals surface area contributed by atoms with Gasteiger partial charge in [0.15, 0.2) is 0 Å². The molecule has 0 saturated heterocycles. The highest BCUT2D eigenvalue weighted by atomic mass is 16.5. The predicted molar refractivity (Wildman–Crippen MR) is 110 cm³/mol. The maximum atomic E-state index is 12.4. The number of anilines is 2. The summed E-state index contributed by atoms with van der Waals surface area (Å²) in [5.74, 6) is -0.783. The molecular formula is C21H18N4O5. The van der Waals surface area contributed by atoms with Gasteiger partial charge in [-0.1, -0.05) is 18.2 Å². The van der Waals surface area contributed by atoms with Gasteiger partial charge in [0, 0.05) is 24.2 Å². The third-order valence-corrected chi connectivity index (χ3v) is 3.79. The van der Waals surface area contributed by atoms with E-state index >= 15 is 0 Å². The SMILES string of the molecule is CCOC(=O)c1cc(NC(=O)c2ccccc2)c(=O)oc1/C=C/Nc1cnccn1. The van der Waals surface area contributed by atoms with Crippen molar-refractivity contribution in [1.82, 2.24) is 9.97 Å². The van der Waals surface area contributed by atoms with Crippen LogP contribution in [0.1, 0.15) is 33.4 Å². The molecule has 0 atom stereocenters. The van der Waals surface area contributed by atoms with Crippen LogP contribution in [0.25, 0.3) is 6.08 Å². The van der Waals surface area contributed by atoms with E-state index in [0.717, 1.165) is 0 Å². The van der Waals surface area contributed by atoms with Crippen LogP contribution < -0.4 is 16.3 Å². The number of hydrogen-bond acceptors (Lipinski definition) is 8. The smallest absolute Gasteiger partial charge is 0.360 e. The Bertz CT molecular complexity index is 1110. The Morgan fingerprint density at radius 3 is 2.70 bits per heavy atom. The van der Waals surface area contributed by atoms with Gasteiger partial charge in [-0.15, -0.1) is 0 Å². The summed E-state index contributed by atoms with van der Waals surface area (Å²) in [6, 6.07) is 9.57. The lowest BCUT2D eigenvalue weighted by Gasteiger charge is -2.09. The molecule has 2 heterocycles. The molecule has 0 spiro atoms. The van der Waals surface area contributed by atoms with Crippen molar-refractivity contribution in [3.63, 3.8) is 0 Å². The first-order valence-corrected chi connectivity index (χ1v) is 8.99. The molecule has 2 N–H and O–H groups in total. The molecular weight excluding hydrogens is 388 g/mol. The van der Waals surface area contributed by atoms with Gasteiger partial charge in [-0.05, 0) is 31.2 Å². The number of nitrogens with one attached hydrogen (secondary N) is 2. The number of nitrogens with zero attached hydrogens (tertiary/aromatic N) is 2. The van der Waals surface area contributed by atoms with Gasteiger partial charge in [0.2, 0.25) is 0 Å². The van der Waals surface area contributed by atoms with Gasteiger partial charge >= 0.3 is 11.6 Å². The molecule has 9 heteroatoms. The van der Waals surface area contributed by atoms with Crippen LogP contribution >= 0.6 is 0 Å². The first-order valence-electron chi connectivity index (χ1n) is 8.99. The van der Waals surface area contributed by atoms with Crippen molar-refractivity contribution in [2.24, 2.45) is 0 Å². The molecule has 0 aliphatic rings. The first kappa shape index (κ1) is 20.5. The Morgan fingerprint density at radius 2 is 2.00 bits per heavy atom. The van der Waals surface area contributed by atoms with Crippen LogP contribution in [0, 0.1) is 0 Å². The molecule has 0 unspecified atom stereocenters. The highest BCUT2D eigenvalue weighted by molar-refractivity contribution is 6.04. The molecule has 1 amide bonds. The molecule has 9 nitrogen and oxygen atoms in total. The summed E-state index contributed by atoms with van der Waals surface area (Å²) in [6.45, 7) is 1.78. The van der Waals surface area contributed by atoms with Crippen molar-refractivity contribution in [2.45, 2.75) is 6.92 Å².